The molecule has 138 valence electrons. The van der Waals surface area contributed by atoms with E-state index in [0.717, 1.165) is 7.11 Å². The number of pyridine rings is 1. The third kappa shape index (κ3) is 3.12. The van der Waals surface area contributed by atoms with E-state index in [0.29, 0.717) is 16.8 Å². The van der Waals surface area contributed by atoms with E-state index >= 15 is 0 Å². The molecule has 27 heavy (non-hydrogen) atoms. The van der Waals surface area contributed by atoms with Gasteiger partial charge in [-0.1, -0.05) is 0 Å². The molecule has 0 unspecified atom stereocenters. The number of alkyl halides is 1. The number of anilines is 1. The second-order valence-electron chi connectivity index (χ2n) is 6.06. The number of benzene rings is 1. The van der Waals surface area contributed by atoms with Crippen LogP contribution in [0.15, 0.2) is 34.9 Å². The second-order valence-corrected chi connectivity index (χ2v) is 6.06. The Morgan fingerprint density at radius 3 is 2.81 bits per heavy atom. The number of carbonyl (C=O) groups is 2. The van der Waals surface area contributed by atoms with E-state index in [4.69, 9.17) is 4.42 Å². The van der Waals surface area contributed by atoms with Crippen LogP contribution in [0.4, 0.5) is 14.5 Å². The van der Waals surface area contributed by atoms with Crippen molar-refractivity contribution in [1.82, 2.24) is 9.97 Å². The molecule has 4 rings (SSSR count). The predicted octanol–water partition coefficient (Wildman–Crippen LogP) is 3.11. The minimum Gasteiger partial charge on any atom is -0.464 e. The van der Waals surface area contributed by atoms with Crippen molar-refractivity contribution in [3.63, 3.8) is 0 Å². The number of halogens is 2. The molecule has 1 N–H and O–H groups in total. The van der Waals surface area contributed by atoms with Crippen molar-refractivity contribution in [3.8, 4) is 11.5 Å². The van der Waals surface area contributed by atoms with E-state index in [9.17, 15) is 18.4 Å². The molecular weight excluding hydrogens is 360 g/mol. The largest absolute Gasteiger partial charge is 0.464 e. The molecule has 1 saturated carbocycles. The highest BCUT2D eigenvalue weighted by Gasteiger charge is 2.43. The molecule has 9 heteroatoms. The SMILES string of the molecule is COC(=O)c1nccc(-c2nc3cc(NC(=O)[C@@H]4C[C@@H]4F)ccc3o2)c1F. The minimum absolute atomic E-state index is 0.0505. The number of amides is 1. The van der Waals surface area contributed by atoms with E-state index in [1.807, 2.05) is 0 Å². The summed E-state index contributed by atoms with van der Waals surface area (Å²) < 4.78 is 37.5. The number of nitrogens with one attached hydrogen (secondary N) is 1. The average molecular weight is 373 g/mol. The molecule has 1 aliphatic carbocycles. The Balaban J connectivity index is 1.66. The molecule has 0 radical (unpaired) electrons. The van der Waals surface area contributed by atoms with Crippen molar-refractivity contribution in [1.29, 1.82) is 0 Å². The van der Waals surface area contributed by atoms with Gasteiger partial charge in [-0.2, -0.15) is 0 Å². The van der Waals surface area contributed by atoms with Crippen LogP contribution in [0.3, 0.4) is 0 Å². The van der Waals surface area contributed by atoms with Crippen molar-refractivity contribution in [2.45, 2.75) is 12.6 Å². The van der Waals surface area contributed by atoms with Gasteiger partial charge in [-0.25, -0.2) is 23.5 Å². The molecule has 0 spiro atoms. The van der Waals surface area contributed by atoms with Crippen LogP contribution in [0.25, 0.3) is 22.6 Å². The first kappa shape index (κ1) is 17.1. The number of esters is 1. The van der Waals surface area contributed by atoms with Gasteiger partial charge in [-0.15, -0.1) is 0 Å². The van der Waals surface area contributed by atoms with E-state index in [2.05, 4.69) is 20.0 Å². The molecule has 1 aromatic carbocycles. The number of hydrogen-bond acceptors (Lipinski definition) is 6. The number of methoxy groups -OCH3 is 1. The number of fused-ring (bicyclic) bond motifs is 1. The lowest BCUT2D eigenvalue weighted by molar-refractivity contribution is -0.117. The number of carbonyl (C=O) groups excluding carboxylic acids is 2. The lowest BCUT2D eigenvalue weighted by Crippen LogP contribution is -2.14. The molecule has 0 bridgehead atoms. The lowest BCUT2D eigenvalue weighted by atomic mass is 10.2. The Morgan fingerprint density at radius 2 is 2.11 bits per heavy atom. The van der Waals surface area contributed by atoms with Crippen LogP contribution in [0.1, 0.15) is 16.9 Å². The van der Waals surface area contributed by atoms with Crippen LogP contribution in [0.2, 0.25) is 0 Å². The molecule has 2 heterocycles. The second kappa shape index (κ2) is 6.42. The summed E-state index contributed by atoms with van der Waals surface area (Å²) in [7, 11) is 1.12. The van der Waals surface area contributed by atoms with Crippen LogP contribution in [0.5, 0.6) is 0 Å². The molecule has 1 fully saturated rings. The van der Waals surface area contributed by atoms with Gasteiger partial charge in [0.05, 0.1) is 18.6 Å². The third-order valence-corrected chi connectivity index (χ3v) is 4.20. The number of aromatic nitrogens is 2. The maximum atomic E-state index is 14.6. The summed E-state index contributed by atoms with van der Waals surface area (Å²) in [6.45, 7) is 0. The van der Waals surface area contributed by atoms with Crippen molar-refractivity contribution in [2.24, 2.45) is 5.92 Å². The van der Waals surface area contributed by atoms with Gasteiger partial charge in [0.2, 0.25) is 11.8 Å². The maximum absolute atomic E-state index is 14.6. The van der Waals surface area contributed by atoms with Crippen LogP contribution in [0, 0.1) is 11.7 Å². The van der Waals surface area contributed by atoms with Crippen LogP contribution >= 0.6 is 0 Å². The summed E-state index contributed by atoms with van der Waals surface area (Å²) >= 11 is 0. The molecule has 1 amide bonds. The Kier molecular flexibility index (Phi) is 4.06. The van der Waals surface area contributed by atoms with Crippen LogP contribution in [-0.4, -0.2) is 35.1 Å². The predicted molar refractivity (Wildman–Crippen MR) is 90.2 cm³/mol. The number of oxazole rings is 1. The van der Waals surface area contributed by atoms with Crippen molar-refractivity contribution in [3.05, 3.63) is 42.0 Å². The van der Waals surface area contributed by atoms with Gasteiger partial charge in [0.1, 0.15) is 11.7 Å². The summed E-state index contributed by atoms with van der Waals surface area (Å²) in [6.07, 6.45) is 0.381. The molecule has 2 aromatic heterocycles. The zero-order chi connectivity index (χ0) is 19.1. The van der Waals surface area contributed by atoms with Gasteiger partial charge in [-0.05, 0) is 30.7 Å². The Labute approximate surface area is 151 Å². The monoisotopic (exact) mass is 373 g/mol. The quantitative estimate of drug-likeness (QED) is 0.706. The zero-order valence-corrected chi connectivity index (χ0v) is 14.0. The van der Waals surface area contributed by atoms with Gasteiger partial charge in [0, 0.05) is 11.9 Å². The number of rotatable bonds is 4. The fourth-order valence-electron chi connectivity index (χ4n) is 2.64. The average Bonchev–Trinajstić information content (AvgIpc) is 3.25. The summed E-state index contributed by atoms with van der Waals surface area (Å²) in [5.41, 5.74) is 0.623. The zero-order valence-electron chi connectivity index (χ0n) is 14.0. The number of hydrogen-bond donors (Lipinski definition) is 1. The maximum Gasteiger partial charge on any atom is 0.359 e. The highest BCUT2D eigenvalue weighted by Crippen LogP contribution is 2.35. The Morgan fingerprint density at radius 1 is 1.33 bits per heavy atom. The summed E-state index contributed by atoms with van der Waals surface area (Å²) in [5.74, 6) is -2.89. The molecule has 0 aliphatic heterocycles. The normalized spacial score (nSPS) is 18.3. The van der Waals surface area contributed by atoms with Crippen LogP contribution in [-0.2, 0) is 9.53 Å². The van der Waals surface area contributed by atoms with Gasteiger partial charge in [-0.3, -0.25) is 4.79 Å². The smallest absolute Gasteiger partial charge is 0.359 e. The molecule has 2 atom stereocenters. The topological polar surface area (TPSA) is 94.3 Å². The molecule has 7 nitrogen and oxygen atoms in total. The van der Waals surface area contributed by atoms with Crippen molar-refractivity contribution < 1.29 is 27.5 Å². The van der Waals surface area contributed by atoms with E-state index in [1.54, 1.807) is 12.1 Å². The summed E-state index contributed by atoms with van der Waals surface area (Å²) in [6, 6.07) is 6.00. The molecule has 3 aromatic rings. The van der Waals surface area contributed by atoms with E-state index in [-0.39, 0.29) is 17.9 Å². The standard InChI is InChI=1S/C18H13F2N3O4/c1-26-18(25)15-14(20)9(4-5-21-15)17-23-12-6-8(2-3-13(12)27-17)22-16(24)10-7-11(10)19/h2-6,10-11H,7H2,1H3,(H,22,24)/t10-,11+/m1/s1. The highest BCUT2D eigenvalue weighted by atomic mass is 19.1. The van der Waals surface area contributed by atoms with Gasteiger partial charge >= 0.3 is 5.97 Å². The fraction of sp³-hybridized carbons (Fsp3) is 0.222. The van der Waals surface area contributed by atoms with Crippen molar-refractivity contribution >= 4 is 28.7 Å². The van der Waals surface area contributed by atoms with Crippen molar-refractivity contribution in [2.75, 3.05) is 12.4 Å². The summed E-state index contributed by atoms with van der Waals surface area (Å²) in [5, 5.41) is 2.61. The third-order valence-electron chi connectivity index (χ3n) is 4.20. The summed E-state index contributed by atoms with van der Waals surface area (Å²) in [4.78, 5) is 31.3. The highest BCUT2D eigenvalue weighted by molar-refractivity contribution is 5.96. The minimum atomic E-state index is -1.09. The van der Waals surface area contributed by atoms with Gasteiger partial charge in [0.15, 0.2) is 17.1 Å². The van der Waals surface area contributed by atoms with Gasteiger partial charge < -0.3 is 14.5 Å². The first-order chi connectivity index (χ1) is 13.0. The first-order valence-corrected chi connectivity index (χ1v) is 8.06. The molecule has 1 aliphatic rings. The van der Waals surface area contributed by atoms with E-state index < -0.39 is 35.5 Å². The van der Waals surface area contributed by atoms with E-state index in [1.165, 1.54) is 18.3 Å². The van der Waals surface area contributed by atoms with Crippen LogP contribution < -0.4 is 5.32 Å². The lowest BCUT2D eigenvalue weighted by Gasteiger charge is -2.02. The van der Waals surface area contributed by atoms with Gasteiger partial charge in [0.25, 0.3) is 0 Å². The Hall–Kier alpha value is -3.36. The first-order valence-electron chi connectivity index (χ1n) is 8.06. The Bertz CT molecular complexity index is 1070. The fourth-order valence-corrected chi connectivity index (χ4v) is 2.64. The number of ether oxygens (including phenoxy) is 1. The molecular formula is C18H13F2N3O4. The molecule has 0 saturated heterocycles. The number of nitrogens with zero attached hydrogens (tertiary/aromatic N) is 2.